The lowest BCUT2D eigenvalue weighted by Crippen LogP contribution is -2.46. The molecule has 41 heavy (non-hydrogen) atoms. The van der Waals surface area contributed by atoms with Crippen LogP contribution in [0.3, 0.4) is 0 Å². The van der Waals surface area contributed by atoms with Gasteiger partial charge in [0.1, 0.15) is 0 Å². The summed E-state index contributed by atoms with van der Waals surface area (Å²) in [4.78, 5) is 12.4. The third kappa shape index (κ3) is 29.8. The summed E-state index contributed by atoms with van der Waals surface area (Å²) in [6.45, 7) is 4.46. The number of nitrogens with one attached hydrogen (secondary N) is 1. The summed E-state index contributed by atoms with van der Waals surface area (Å²) in [6.07, 6.45) is 35.6. The van der Waals surface area contributed by atoms with Crippen LogP contribution in [-0.4, -0.2) is 41.9 Å². The predicted molar refractivity (Wildman–Crippen MR) is 175 cm³/mol. The second kappa shape index (κ2) is 28.7. The fraction of sp³-hybridized carbons (Fsp3) is 0.794. The lowest BCUT2D eigenvalue weighted by atomic mass is 10.1. The van der Waals surface area contributed by atoms with E-state index in [2.05, 4.69) is 43.5 Å². The van der Waals surface area contributed by atoms with Crippen molar-refractivity contribution in [3.63, 3.8) is 0 Å². The minimum Gasteiger partial charge on any atom is -0.387 e. The maximum Gasteiger partial charge on any atom is 0.267 e. The maximum absolute atomic E-state index is 12.4. The third-order valence-corrected chi connectivity index (χ3v) is 8.07. The number of carbonyl (C=O) groups excluding carboxylic acids is 1. The molecule has 0 aromatic rings. The van der Waals surface area contributed by atoms with Crippen molar-refractivity contribution in [2.45, 2.75) is 167 Å². The Morgan fingerprint density at radius 2 is 1.05 bits per heavy atom. The van der Waals surface area contributed by atoms with E-state index in [0.29, 0.717) is 6.42 Å². The van der Waals surface area contributed by atoms with Crippen LogP contribution in [0.25, 0.3) is 0 Å². The van der Waals surface area contributed by atoms with Crippen LogP contribution >= 0.6 is 0 Å². The zero-order valence-corrected chi connectivity index (χ0v) is 27.2. The number of rotatable bonds is 29. The fourth-order valence-corrected chi connectivity index (χ4v) is 5.49. The van der Waals surface area contributed by atoms with Crippen molar-refractivity contribution in [3.8, 4) is 0 Å². The van der Waals surface area contributed by atoms with E-state index < -0.39 is 28.0 Å². The van der Waals surface area contributed by atoms with E-state index in [0.717, 1.165) is 51.4 Å². The summed E-state index contributed by atoms with van der Waals surface area (Å²) in [5, 5.41) is 13.1. The van der Waals surface area contributed by atoms with Crippen LogP contribution in [0, 0.1) is 0 Å². The molecule has 0 spiro atoms. The summed E-state index contributed by atoms with van der Waals surface area (Å²) >= 11 is 0. The first-order valence-electron chi connectivity index (χ1n) is 16.7. The number of carbonyl (C=O) groups is 1. The topological polar surface area (TPSA) is 104 Å². The Morgan fingerprint density at radius 3 is 1.54 bits per heavy atom. The second-order valence-corrected chi connectivity index (χ2v) is 12.9. The highest BCUT2D eigenvalue weighted by molar-refractivity contribution is 7.85. The van der Waals surface area contributed by atoms with Gasteiger partial charge in [0.2, 0.25) is 5.91 Å². The minimum absolute atomic E-state index is 0.278. The Bertz CT molecular complexity index is 791. The molecule has 0 aromatic carbocycles. The summed E-state index contributed by atoms with van der Waals surface area (Å²) in [6, 6.07) is -1.07. The molecule has 240 valence electrons. The van der Waals surface area contributed by atoms with Gasteiger partial charge >= 0.3 is 0 Å². The van der Waals surface area contributed by atoms with Crippen LogP contribution in [0.15, 0.2) is 36.5 Å². The number of aliphatic hydroxyl groups is 1. The number of aliphatic hydroxyl groups excluding tert-OH is 1. The molecule has 0 aliphatic heterocycles. The smallest absolute Gasteiger partial charge is 0.267 e. The molecule has 0 aromatic heterocycles. The number of allylic oxidation sites excluding steroid dienone is 5. The van der Waals surface area contributed by atoms with Crippen LogP contribution in [-0.2, 0) is 14.9 Å². The molecule has 0 aliphatic rings. The zero-order chi connectivity index (χ0) is 30.4. The first-order valence-corrected chi connectivity index (χ1v) is 18.3. The Kier molecular flexibility index (Phi) is 27.7. The van der Waals surface area contributed by atoms with Gasteiger partial charge in [0.15, 0.2) is 0 Å². The molecular formula is C34H63NO5S. The van der Waals surface area contributed by atoms with E-state index in [1.54, 1.807) is 6.08 Å². The average molecular weight is 598 g/mol. The molecule has 0 saturated heterocycles. The first kappa shape index (κ1) is 39.6. The highest BCUT2D eigenvalue weighted by Crippen LogP contribution is 2.11. The fourth-order valence-electron chi connectivity index (χ4n) is 4.75. The molecule has 0 bridgehead atoms. The van der Waals surface area contributed by atoms with Crippen molar-refractivity contribution >= 4 is 16.0 Å². The van der Waals surface area contributed by atoms with Crippen molar-refractivity contribution in [2.24, 2.45) is 0 Å². The number of amides is 1. The van der Waals surface area contributed by atoms with Crippen molar-refractivity contribution in [1.29, 1.82) is 0 Å². The maximum atomic E-state index is 12.4. The van der Waals surface area contributed by atoms with E-state index in [4.69, 9.17) is 0 Å². The van der Waals surface area contributed by atoms with Gasteiger partial charge in [0.25, 0.3) is 10.1 Å². The number of unbranched alkanes of at least 4 members (excludes halogenated alkanes) is 17. The molecule has 6 nitrogen and oxygen atoms in total. The third-order valence-electron chi connectivity index (χ3n) is 7.29. The molecule has 0 fully saturated rings. The van der Waals surface area contributed by atoms with Gasteiger partial charge in [0, 0.05) is 6.42 Å². The van der Waals surface area contributed by atoms with E-state index in [-0.39, 0.29) is 12.3 Å². The van der Waals surface area contributed by atoms with Gasteiger partial charge in [0.05, 0.1) is 17.9 Å². The van der Waals surface area contributed by atoms with Crippen LogP contribution in [0.2, 0.25) is 0 Å². The SMILES string of the molecule is CCCCCCC/C=C/CC/C=C/C(O)C(CS(=O)(=O)O)NC(=O)CCCCCCC/C=C\CCCCCCCC. The van der Waals surface area contributed by atoms with Crippen molar-refractivity contribution in [3.05, 3.63) is 36.5 Å². The normalized spacial score (nSPS) is 14.0. The molecular weight excluding hydrogens is 534 g/mol. The molecule has 0 heterocycles. The largest absolute Gasteiger partial charge is 0.387 e. The molecule has 2 atom stereocenters. The summed E-state index contributed by atoms with van der Waals surface area (Å²) in [5.74, 6) is -1.01. The summed E-state index contributed by atoms with van der Waals surface area (Å²) < 4.78 is 32.2. The minimum atomic E-state index is -4.34. The van der Waals surface area contributed by atoms with E-state index in [1.165, 1.54) is 83.1 Å². The first-order chi connectivity index (χ1) is 19.8. The van der Waals surface area contributed by atoms with Crippen LogP contribution in [0.5, 0.6) is 0 Å². The molecule has 0 aliphatic carbocycles. The highest BCUT2D eigenvalue weighted by Gasteiger charge is 2.24. The van der Waals surface area contributed by atoms with Gasteiger partial charge in [-0.15, -0.1) is 0 Å². The van der Waals surface area contributed by atoms with E-state index in [9.17, 15) is 22.9 Å². The molecule has 1 amide bonds. The average Bonchev–Trinajstić information content (AvgIpc) is 2.92. The molecule has 0 saturated carbocycles. The van der Waals surface area contributed by atoms with Gasteiger partial charge in [-0.2, -0.15) is 8.42 Å². The lowest BCUT2D eigenvalue weighted by Gasteiger charge is -2.21. The Balaban J connectivity index is 4.09. The Morgan fingerprint density at radius 1 is 0.634 bits per heavy atom. The monoisotopic (exact) mass is 597 g/mol. The van der Waals surface area contributed by atoms with Gasteiger partial charge < -0.3 is 10.4 Å². The Labute approximate surface area is 253 Å². The van der Waals surface area contributed by atoms with Crippen LogP contribution in [0.1, 0.15) is 155 Å². The molecule has 3 N–H and O–H groups in total. The van der Waals surface area contributed by atoms with Gasteiger partial charge in [-0.25, -0.2) is 0 Å². The van der Waals surface area contributed by atoms with Crippen molar-refractivity contribution < 1.29 is 22.9 Å². The van der Waals surface area contributed by atoms with Crippen molar-refractivity contribution in [1.82, 2.24) is 5.32 Å². The van der Waals surface area contributed by atoms with Gasteiger partial charge in [-0.05, 0) is 57.8 Å². The second-order valence-electron chi connectivity index (χ2n) is 11.4. The van der Waals surface area contributed by atoms with Gasteiger partial charge in [-0.3, -0.25) is 9.35 Å². The van der Waals surface area contributed by atoms with Crippen molar-refractivity contribution in [2.75, 3.05) is 5.75 Å². The van der Waals surface area contributed by atoms with E-state index in [1.807, 2.05) is 0 Å². The molecule has 0 rings (SSSR count). The van der Waals surface area contributed by atoms with Crippen LogP contribution < -0.4 is 5.32 Å². The number of hydrogen-bond donors (Lipinski definition) is 3. The molecule has 2 unspecified atom stereocenters. The standard InChI is InChI=1S/C34H63NO5S/c1-3-5-7-9-11-13-15-16-17-18-20-22-24-26-28-30-34(37)35-32(31-41(38,39)40)33(36)29-27-25-23-21-19-14-12-10-8-6-4-2/h16-17,19,21,27,29,32-33,36H,3-15,18,20,22-26,28,30-31H2,1-2H3,(H,35,37)(H,38,39,40)/b17-16-,21-19+,29-27+. The van der Waals surface area contributed by atoms with Gasteiger partial charge in [-0.1, -0.05) is 127 Å². The Hall–Kier alpha value is -1.44. The van der Waals surface area contributed by atoms with Crippen LogP contribution in [0.4, 0.5) is 0 Å². The summed E-state index contributed by atoms with van der Waals surface area (Å²) in [7, 11) is -4.34. The lowest BCUT2D eigenvalue weighted by molar-refractivity contribution is -0.122. The molecule has 0 radical (unpaired) electrons. The summed E-state index contributed by atoms with van der Waals surface area (Å²) in [5.41, 5.74) is 0. The van der Waals surface area contributed by atoms with E-state index >= 15 is 0 Å². The molecule has 7 heteroatoms. The zero-order valence-electron chi connectivity index (χ0n) is 26.4. The highest BCUT2D eigenvalue weighted by atomic mass is 32.2. The number of hydrogen-bond acceptors (Lipinski definition) is 4. The quantitative estimate of drug-likeness (QED) is 0.0453. The predicted octanol–water partition coefficient (Wildman–Crippen LogP) is 9.01.